The first-order valence-electron chi connectivity index (χ1n) is 14.9. The summed E-state index contributed by atoms with van der Waals surface area (Å²) in [6, 6.07) is -0.791. The van der Waals surface area contributed by atoms with Gasteiger partial charge in [0.25, 0.3) is 0 Å². The Kier molecular flexibility index (Phi) is 20.0. The van der Waals surface area contributed by atoms with Crippen LogP contribution in [0.2, 0.25) is 0 Å². The molecule has 38 heavy (non-hydrogen) atoms. The molecule has 5 unspecified atom stereocenters. The standard InChI is InChI=1S/C29H55NO8/c1-3-5-7-8-9-10-11-12-13-14-15-16-17-18-23(32)22(30-25(33)19-6-4-2)21-37-29-28(36)27(35)26(34)24(20-31)38-29/h17-18,22-24,26-29,31-32,34-36H,3-16,19-21H2,1-2H3,(H,30,33)/t22-,23+,24?,26?,27?,28?,29?/m0/s1. The lowest BCUT2D eigenvalue weighted by Gasteiger charge is -2.40. The van der Waals surface area contributed by atoms with Crippen LogP contribution in [0.5, 0.6) is 0 Å². The Hall–Kier alpha value is -1.07. The van der Waals surface area contributed by atoms with Crippen LogP contribution in [0.1, 0.15) is 110 Å². The molecule has 0 aliphatic carbocycles. The Morgan fingerprint density at radius 2 is 1.45 bits per heavy atom. The van der Waals surface area contributed by atoms with Gasteiger partial charge in [0.2, 0.25) is 5.91 Å². The van der Waals surface area contributed by atoms with E-state index in [0.29, 0.717) is 6.42 Å². The van der Waals surface area contributed by atoms with Gasteiger partial charge < -0.3 is 40.3 Å². The summed E-state index contributed by atoms with van der Waals surface area (Å²) in [5.41, 5.74) is 0. The minimum absolute atomic E-state index is 0.190. The van der Waals surface area contributed by atoms with Gasteiger partial charge in [0, 0.05) is 6.42 Å². The van der Waals surface area contributed by atoms with E-state index in [4.69, 9.17) is 9.47 Å². The second-order valence-electron chi connectivity index (χ2n) is 10.6. The molecule has 1 rings (SSSR count). The summed E-state index contributed by atoms with van der Waals surface area (Å²) < 4.78 is 11.0. The lowest BCUT2D eigenvalue weighted by atomic mass is 9.99. The maximum absolute atomic E-state index is 12.3. The minimum Gasteiger partial charge on any atom is -0.394 e. The fraction of sp³-hybridized carbons (Fsp3) is 0.897. The van der Waals surface area contributed by atoms with E-state index in [1.807, 2.05) is 13.0 Å². The molecular weight excluding hydrogens is 490 g/mol. The third-order valence-electron chi connectivity index (χ3n) is 7.11. The number of nitrogens with one attached hydrogen (secondary N) is 1. The first kappa shape index (κ1) is 35.0. The van der Waals surface area contributed by atoms with E-state index in [-0.39, 0.29) is 12.5 Å². The Balaban J connectivity index is 2.45. The number of carbonyl (C=O) groups excluding carboxylic acids is 1. The number of unbranched alkanes of at least 4 members (excludes halogenated alkanes) is 12. The van der Waals surface area contributed by atoms with Gasteiger partial charge in [-0.25, -0.2) is 0 Å². The summed E-state index contributed by atoms with van der Waals surface area (Å²) in [4.78, 5) is 12.3. The first-order chi connectivity index (χ1) is 18.3. The second kappa shape index (κ2) is 21.7. The van der Waals surface area contributed by atoms with Crippen molar-refractivity contribution in [1.82, 2.24) is 5.32 Å². The largest absolute Gasteiger partial charge is 0.394 e. The summed E-state index contributed by atoms with van der Waals surface area (Å²) in [6.45, 7) is 3.47. The van der Waals surface area contributed by atoms with E-state index in [9.17, 15) is 30.3 Å². The molecular formula is C29H55NO8. The van der Waals surface area contributed by atoms with Crippen molar-refractivity contribution in [2.45, 2.75) is 153 Å². The zero-order valence-corrected chi connectivity index (χ0v) is 23.7. The Morgan fingerprint density at radius 3 is 2.03 bits per heavy atom. The van der Waals surface area contributed by atoms with Crippen molar-refractivity contribution < 1.29 is 39.8 Å². The van der Waals surface area contributed by atoms with Crippen LogP contribution >= 0.6 is 0 Å². The van der Waals surface area contributed by atoms with Crippen molar-refractivity contribution in [3.63, 3.8) is 0 Å². The first-order valence-corrected chi connectivity index (χ1v) is 14.9. The number of amides is 1. The molecule has 0 bridgehead atoms. The van der Waals surface area contributed by atoms with Gasteiger partial charge in [-0.3, -0.25) is 4.79 Å². The quantitative estimate of drug-likeness (QED) is 0.0898. The van der Waals surface area contributed by atoms with Gasteiger partial charge in [0.15, 0.2) is 6.29 Å². The molecule has 224 valence electrons. The predicted octanol–water partition coefficient (Wildman–Crippen LogP) is 3.10. The van der Waals surface area contributed by atoms with Crippen LogP contribution in [0, 0.1) is 0 Å². The molecule has 1 aliphatic heterocycles. The molecule has 0 saturated carbocycles. The van der Waals surface area contributed by atoms with Crippen LogP contribution in [0.3, 0.4) is 0 Å². The molecule has 7 atom stereocenters. The molecule has 0 aromatic heterocycles. The van der Waals surface area contributed by atoms with Crippen LogP contribution in [0.25, 0.3) is 0 Å². The van der Waals surface area contributed by atoms with E-state index in [2.05, 4.69) is 12.2 Å². The molecule has 6 N–H and O–H groups in total. The monoisotopic (exact) mass is 545 g/mol. The van der Waals surface area contributed by atoms with E-state index in [0.717, 1.165) is 32.1 Å². The zero-order valence-electron chi connectivity index (χ0n) is 23.7. The molecule has 0 spiro atoms. The van der Waals surface area contributed by atoms with Gasteiger partial charge in [-0.2, -0.15) is 0 Å². The number of rotatable bonds is 22. The SMILES string of the molecule is CCCCCCCCCCCCCC=C[C@@H](O)[C@H](COC1OC(CO)C(O)C(O)C1O)NC(=O)CCCC. The normalized spacial score (nSPS) is 25.5. The number of carbonyl (C=O) groups is 1. The predicted molar refractivity (Wildman–Crippen MR) is 147 cm³/mol. The van der Waals surface area contributed by atoms with E-state index >= 15 is 0 Å². The summed E-state index contributed by atoms with van der Waals surface area (Å²) in [6.07, 6.45) is 12.3. The van der Waals surface area contributed by atoms with Crippen molar-refractivity contribution in [3.8, 4) is 0 Å². The van der Waals surface area contributed by atoms with Crippen LogP contribution < -0.4 is 5.32 Å². The third kappa shape index (κ3) is 14.4. The maximum Gasteiger partial charge on any atom is 0.220 e. The van der Waals surface area contributed by atoms with E-state index in [1.165, 1.54) is 57.8 Å². The molecule has 9 heteroatoms. The highest BCUT2D eigenvalue weighted by atomic mass is 16.7. The topological polar surface area (TPSA) is 149 Å². The summed E-state index contributed by atoms with van der Waals surface area (Å²) in [5.74, 6) is -0.216. The van der Waals surface area contributed by atoms with Gasteiger partial charge in [-0.15, -0.1) is 0 Å². The smallest absolute Gasteiger partial charge is 0.220 e. The molecule has 9 nitrogen and oxygen atoms in total. The highest BCUT2D eigenvalue weighted by molar-refractivity contribution is 5.76. The average molecular weight is 546 g/mol. The van der Waals surface area contributed by atoms with Gasteiger partial charge in [-0.05, 0) is 19.3 Å². The fourth-order valence-electron chi connectivity index (χ4n) is 4.54. The highest BCUT2D eigenvalue weighted by Gasteiger charge is 2.44. The van der Waals surface area contributed by atoms with Crippen LogP contribution in [-0.4, -0.2) is 87.5 Å². The highest BCUT2D eigenvalue weighted by Crippen LogP contribution is 2.22. The maximum atomic E-state index is 12.3. The van der Waals surface area contributed by atoms with Crippen LogP contribution in [0.15, 0.2) is 12.2 Å². The molecule has 0 radical (unpaired) electrons. The van der Waals surface area contributed by atoms with Crippen LogP contribution in [-0.2, 0) is 14.3 Å². The number of ether oxygens (including phenoxy) is 2. The zero-order chi connectivity index (χ0) is 28.2. The minimum atomic E-state index is -1.56. The average Bonchev–Trinajstić information content (AvgIpc) is 2.91. The van der Waals surface area contributed by atoms with E-state index < -0.39 is 49.5 Å². The van der Waals surface area contributed by atoms with Crippen molar-refractivity contribution in [2.75, 3.05) is 13.2 Å². The summed E-state index contributed by atoms with van der Waals surface area (Å²) in [5, 5.41) is 53.0. The van der Waals surface area contributed by atoms with Crippen molar-refractivity contribution in [2.24, 2.45) is 0 Å². The van der Waals surface area contributed by atoms with Gasteiger partial charge >= 0.3 is 0 Å². The molecule has 1 fully saturated rings. The number of hydrogen-bond donors (Lipinski definition) is 6. The summed E-state index contributed by atoms with van der Waals surface area (Å²) in [7, 11) is 0. The lowest BCUT2D eigenvalue weighted by Crippen LogP contribution is -2.60. The fourth-order valence-corrected chi connectivity index (χ4v) is 4.54. The number of aliphatic hydroxyl groups excluding tert-OH is 5. The van der Waals surface area contributed by atoms with Gasteiger partial charge in [-0.1, -0.05) is 96.6 Å². The Bertz CT molecular complexity index is 617. The molecule has 1 aliphatic rings. The summed E-state index contributed by atoms with van der Waals surface area (Å²) >= 11 is 0. The van der Waals surface area contributed by atoms with Crippen molar-refractivity contribution in [3.05, 3.63) is 12.2 Å². The second-order valence-corrected chi connectivity index (χ2v) is 10.6. The van der Waals surface area contributed by atoms with Crippen molar-refractivity contribution in [1.29, 1.82) is 0 Å². The number of aliphatic hydroxyl groups is 5. The molecule has 1 amide bonds. The number of hydrogen-bond acceptors (Lipinski definition) is 8. The van der Waals surface area contributed by atoms with Crippen LogP contribution in [0.4, 0.5) is 0 Å². The lowest BCUT2D eigenvalue weighted by molar-refractivity contribution is -0.302. The van der Waals surface area contributed by atoms with Gasteiger partial charge in [0.05, 0.1) is 25.4 Å². The molecule has 0 aromatic rings. The van der Waals surface area contributed by atoms with E-state index in [1.54, 1.807) is 6.08 Å². The molecule has 0 aromatic carbocycles. The molecule has 1 saturated heterocycles. The number of allylic oxidation sites excluding steroid dienone is 1. The van der Waals surface area contributed by atoms with Crippen molar-refractivity contribution >= 4 is 5.91 Å². The molecule has 1 heterocycles. The Labute approximate surface area is 229 Å². The Morgan fingerprint density at radius 1 is 0.868 bits per heavy atom. The third-order valence-corrected chi connectivity index (χ3v) is 7.11. The van der Waals surface area contributed by atoms with Gasteiger partial charge in [0.1, 0.15) is 24.4 Å².